The normalized spacial score (nSPS) is 10.9. The Morgan fingerprint density at radius 1 is 1.12 bits per heavy atom. The van der Waals surface area contributed by atoms with E-state index in [4.69, 9.17) is 0 Å². The highest BCUT2D eigenvalue weighted by Gasteiger charge is 1.98. The van der Waals surface area contributed by atoms with E-state index in [2.05, 4.69) is 20.9 Å². The molecule has 0 fully saturated rings. The van der Waals surface area contributed by atoms with E-state index in [0.29, 0.717) is 6.54 Å². The maximum atomic E-state index is 9.62. The van der Waals surface area contributed by atoms with Gasteiger partial charge in [-0.25, -0.2) is 0 Å². The number of phenolic OH excluding ortho intramolecular Hbond substituents is 1. The van der Waals surface area contributed by atoms with Crippen LogP contribution in [0.5, 0.6) is 5.75 Å². The van der Waals surface area contributed by atoms with Crippen molar-refractivity contribution in [2.75, 3.05) is 0 Å². The number of hydrogen-bond acceptors (Lipinski definition) is 2. The molecule has 0 saturated carbocycles. The number of aliphatic imine (C=N–C) groups is 1. The zero-order chi connectivity index (χ0) is 12.1. The number of rotatable bonds is 3. The fourth-order valence-corrected chi connectivity index (χ4v) is 1.84. The maximum absolute atomic E-state index is 9.62. The van der Waals surface area contributed by atoms with Crippen LogP contribution in [0.15, 0.2) is 58.0 Å². The lowest BCUT2D eigenvalue weighted by atomic mass is 10.2. The van der Waals surface area contributed by atoms with E-state index < -0.39 is 0 Å². The van der Waals surface area contributed by atoms with Crippen LogP contribution in [0, 0.1) is 0 Å². The largest absolute Gasteiger partial charge is 0.507 e. The lowest BCUT2D eigenvalue weighted by Gasteiger charge is -1.99. The summed E-state index contributed by atoms with van der Waals surface area (Å²) < 4.78 is 0.927. The molecule has 0 unspecified atom stereocenters. The number of nitrogens with zero attached hydrogens (tertiary/aromatic N) is 1. The molecule has 3 heteroatoms. The quantitative estimate of drug-likeness (QED) is 0.857. The molecule has 0 aromatic heterocycles. The molecule has 0 aliphatic carbocycles. The molecule has 2 aromatic rings. The molecule has 2 nitrogen and oxygen atoms in total. The summed E-state index contributed by atoms with van der Waals surface area (Å²) in [5, 5.41) is 9.62. The van der Waals surface area contributed by atoms with Crippen molar-refractivity contribution in [3.8, 4) is 5.75 Å². The third kappa shape index (κ3) is 3.43. The zero-order valence-electron chi connectivity index (χ0n) is 9.18. The molecule has 0 aliphatic rings. The van der Waals surface area contributed by atoms with Crippen molar-refractivity contribution in [2.24, 2.45) is 4.99 Å². The summed E-state index contributed by atoms with van der Waals surface area (Å²) in [7, 11) is 0. The monoisotopic (exact) mass is 289 g/mol. The highest BCUT2D eigenvalue weighted by Crippen LogP contribution is 2.20. The van der Waals surface area contributed by atoms with Gasteiger partial charge >= 0.3 is 0 Å². The maximum Gasteiger partial charge on any atom is 0.124 e. The molecule has 2 rings (SSSR count). The lowest BCUT2D eigenvalue weighted by Crippen LogP contribution is -1.85. The zero-order valence-corrected chi connectivity index (χ0v) is 10.8. The highest BCUT2D eigenvalue weighted by molar-refractivity contribution is 9.10. The van der Waals surface area contributed by atoms with Gasteiger partial charge in [0.1, 0.15) is 5.75 Å². The summed E-state index contributed by atoms with van der Waals surface area (Å²) in [6, 6.07) is 15.3. The Balaban J connectivity index is 2.08. The van der Waals surface area contributed by atoms with Gasteiger partial charge in [-0.1, -0.05) is 46.3 Å². The van der Waals surface area contributed by atoms with Crippen LogP contribution >= 0.6 is 15.9 Å². The van der Waals surface area contributed by atoms with Gasteiger partial charge in [-0.05, 0) is 23.8 Å². The fourth-order valence-electron chi connectivity index (χ4n) is 1.46. The number of halogens is 1. The number of aromatic hydroxyl groups is 1. The third-order valence-corrected chi connectivity index (χ3v) is 2.83. The van der Waals surface area contributed by atoms with Gasteiger partial charge in [0.2, 0.25) is 0 Å². The van der Waals surface area contributed by atoms with Crippen LogP contribution in [-0.4, -0.2) is 11.3 Å². The minimum Gasteiger partial charge on any atom is -0.507 e. The third-order valence-electron chi connectivity index (χ3n) is 2.34. The molecule has 0 saturated heterocycles. The summed E-state index contributed by atoms with van der Waals surface area (Å²) in [6.45, 7) is 0.618. The van der Waals surface area contributed by atoms with Gasteiger partial charge in [0, 0.05) is 16.3 Å². The van der Waals surface area contributed by atoms with Crippen molar-refractivity contribution in [1.29, 1.82) is 0 Å². The van der Waals surface area contributed by atoms with Crippen LogP contribution in [0.3, 0.4) is 0 Å². The fraction of sp³-hybridized carbons (Fsp3) is 0.0714. The van der Waals surface area contributed by atoms with Crippen molar-refractivity contribution in [3.63, 3.8) is 0 Å². The summed E-state index contributed by atoms with van der Waals surface area (Å²) in [4.78, 5) is 4.31. The lowest BCUT2D eigenvalue weighted by molar-refractivity contribution is 0.474. The first-order valence-corrected chi connectivity index (χ1v) is 6.07. The van der Waals surface area contributed by atoms with Crippen molar-refractivity contribution in [1.82, 2.24) is 0 Å². The Kier molecular flexibility index (Phi) is 3.94. The van der Waals surface area contributed by atoms with Gasteiger partial charge in [-0.15, -0.1) is 0 Å². The minimum atomic E-state index is 0.241. The van der Waals surface area contributed by atoms with Crippen molar-refractivity contribution in [3.05, 3.63) is 64.1 Å². The van der Waals surface area contributed by atoms with E-state index in [9.17, 15) is 5.11 Å². The summed E-state index contributed by atoms with van der Waals surface area (Å²) in [5.74, 6) is 0.241. The number of phenols is 1. The molecular weight excluding hydrogens is 278 g/mol. The Morgan fingerprint density at radius 3 is 2.65 bits per heavy atom. The molecular formula is C14H12BrNO. The van der Waals surface area contributed by atoms with Gasteiger partial charge in [-0.3, -0.25) is 4.99 Å². The predicted molar refractivity (Wildman–Crippen MR) is 73.5 cm³/mol. The Labute approximate surface area is 109 Å². The summed E-state index contributed by atoms with van der Waals surface area (Å²) in [5.41, 5.74) is 1.87. The van der Waals surface area contributed by atoms with Crippen LogP contribution in [-0.2, 0) is 6.54 Å². The van der Waals surface area contributed by atoms with E-state index in [0.717, 1.165) is 15.6 Å². The first kappa shape index (κ1) is 11.9. The van der Waals surface area contributed by atoms with Gasteiger partial charge < -0.3 is 5.11 Å². The van der Waals surface area contributed by atoms with Gasteiger partial charge in [0.05, 0.1) is 6.54 Å². The Bertz CT molecular complexity index is 523. The van der Waals surface area contributed by atoms with Crippen LogP contribution < -0.4 is 0 Å². The molecule has 0 radical (unpaired) electrons. The number of hydrogen-bond donors (Lipinski definition) is 1. The first-order valence-electron chi connectivity index (χ1n) is 5.28. The van der Waals surface area contributed by atoms with E-state index in [1.807, 2.05) is 36.4 Å². The van der Waals surface area contributed by atoms with Crippen LogP contribution in [0.25, 0.3) is 0 Å². The molecule has 0 amide bonds. The van der Waals surface area contributed by atoms with Gasteiger partial charge in [0.25, 0.3) is 0 Å². The molecule has 0 aliphatic heterocycles. The number of benzene rings is 2. The molecule has 86 valence electrons. The van der Waals surface area contributed by atoms with Crippen molar-refractivity contribution < 1.29 is 5.11 Å². The molecule has 0 atom stereocenters. The summed E-state index contributed by atoms with van der Waals surface area (Å²) in [6.07, 6.45) is 1.69. The standard InChI is InChI=1S/C14H12BrNO/c15-13-6-7-14(17)12(8-13)10-16-9-11-4-2-1-3-5-11/h1-8,10,17H,9H2/b16-10+. The average Bonchev–Trinajstić information content (AvgIpc) is 2.35. The van der Waals surface area contributed by atoms with Crippen molar-refractivity contribution >= 4 is 22.1 Å². The van der Waals surface area contributed by atoms with Gasteiger partial charge in [-0.2, -0.15) is 0 Å². The highest BCUT2D eigenvalue weighted by atomic mass is 79.9. The van der Waals surface area contributed by atoms with E-state index >= 15 is 0 Å². The molecule has 0 heterocycles. The molecule has 2 aromatic carbocycles. The second-order valence-electron chi connectivity index (χ2n) is 3.66. The topological polar surface area (TPSA) is 32.6 Å². The molecule has 17 heavy (non-hydrogen) atoms. The van der Waals surface area contributed by atoms with E-state index in [1.54, 1.807) is 18.3 Å². The smallest absolute Gasteiger partial charge is 0.124 e. The SMILES string of the molecule is Oc1ccc(Br)cc1/C=N/Cc1ccccc1. The second kappa shape index (κ2) is 5.64. The van der Waals surface area contributed by atoms with E-state index in [1.165, 1.54) is 0 Å². The molecule has 0 bridgehead atoms. The summed E-state index contributed by atoms with van der Waals surface area (Å²) >= 11 is 3.36. The van der Waals surface area contributed by atoms with Gasteiger partial charge in [0.15, 0.2) is 0 Å². The van der Waals surface area contributed by atoms with Crippen LogP contribution in [0.4, 0.5) is 0 Å². The minimum absolute atomic E-state index is 0.241. The molecule has 0 spiro atoms. The Morgan fingerprint density at radius 2 is 1.88 bits per heavy atom. The Hall–Kier alpha value is -1.61. The first-order chi connectivity index (χ1) is 8.25. The van der Waals surface area contributed by atoms with Crippen molar-refractivity contribution in [2.45, 2.75) is 6.54 Å². The molecule has 1 N–H and O–H groups in total. The average molecular weight is 290 g/mol. The van der Waals surface area contributed by atoms with Crippen LogP contribution in [0.2, 0.25) is 0 Å². The second-order valence-corrected chi connectivity index (χ2v) is 4.57. The predicted octanol–water partition coefficient (Wildman–Crippen LogP) is 3.77. The van der Waals surface area contributed by atoms with Crippen LogP contribution in [0.1, 0.15) is 11.1 Å². The van der Waals surface area contributed by atoms with E-state index in [-0.39, 0.29) is 5.75 Å².